The number of hydrogen-bond acceptors (Lipinski definition) is 4. The molecule has 0 heterocycles. The van der Waals surface area contributed by atoms with E-state index in [9.17, 15) is 9.59 Å². The summed E-state index contributed by atoms with van der Waals surface area (Å²) >= 11 is 0. The van der Waals surface area contributed by atoms with Crippen LogP contribution in [-0.4, -0.2) is 23.2 Å². The van der Waals surface area contributed by atoms with E-state index in [1.807, 2.05) is 26.0 Å². The third-order valence-electron chi connectivity index (χ3n) is 2.39. The molecule has 1 aliphatic carbocycles. The molecular weight excluding hydrogens is 180 g/mol. The molecule has 1 aliphatic rings. The molecule has 0 fully saturated rings. The average molecular weight is 192 g/mol. The van der Waals surface area contributed by atoms with Gasteiger partial charge in [0.15, 0.2) is 0 Å². The number of aliphatic imine (C=N–C) groups is 2. The molecule has 0 amide bonds. The first-order chi connectivity index (χ1) is 6.54. The van der Waals surface area contributed by atoms with Crippen LogP contribution in [0.15, 0.2) is 22.1 Å². The molecule has 0 saturated carbocycles. The van der Waals surface area contributed by atoms with E-state index in [0.717, 1.165) is 0 Å². The number of rotatable bonds is 2. The van der Waals surface area contributed by atoms with Gasteiger partial charge in [-0.1, -0.05) is 12.2 Å². The SMILES string of the molecule is CC1(N=C=O)C=CCC(C)(N=C=O)C1. The zero-order valence-corrected chi connectivity index (χ0v) is 8.28. The first kappa shape index (κ1) is 10.6. The van der Waals surface area contributed by atoms with Crippen LogP contribution in [0.2, 0.25) is 0 Å². The summed E-state index contributed by atoms with van der Waals surface area (Å²) in [6.07, 6.45) is 8.03. The predicted octanol–water partition coefficient (Wildman–Crippen LogP) is 1.53. The standard InChI is InChI=1S/C10H12N2O2/c1-9(11-7-13)4-3-5-10(2,6-9)12-8-14/h3-4H,5-6H2,1-2H3. The number of hydrogen-bond donors (Lipinski definition) is 0. The van der Waals surface area contributed by atoms with Crippen molar-refractivity contribution in [2.75, 3.05) is 0 Å². The van der Waals surface area contributed by atoms with E-state index in [2.05, 4.69) is 9.98 Å². The van der Waals surface area contributed by atoms with E-state index in [-0.39, 0.29) is 0 Å². The Balaban J connectivity index is 2.99. The first-order valence-electron chi connectivity index (χ1n) is 4.39. The van der Waals surface area contributed by atoms with Gasteiger partial charge in [-0.15, -0.1) is 0 Å². The third kappa shape index (κ3) is 2.25. The zero-order valence-electron chi connectivity index (χ0n) is 8.28. The van der Waals surface area contributed by atoms with Crippen molar-refractivity contribution in [1.29, 1.82) is 0 Å². The summed E-state index contributed by atoms with van der Waals surface area (Å²) in [6.45, 7) is 3.66. The van der Waals surface area contributed by atoms with Crippen molar-refractivity contribution in [3.05, 3.63) is 12.2 Å². The van der Waals surface area contributed by atoms with Crippen LogP contribution in [0.3, 0.4) is 0 Å². The lowest BCUT2D eigenvalue weighted by atomic mass is 9.78. The Kier molecular flexibility index (Phi) is 2.80. The van der Waals surface area contributed by atoms with E-state index in [1.54, 1.807) is 12.2 Å². The second-order valence-electron chi connectivity index (χ2n) is 4.04. The van der Waals surface area contributed by atoms with Crippen LogP contribution in [0, 0.1) is 0 Å². The summed E-state index contributed by atoms with van der Waals surface area (Å²) in [5, 5.41) is 0. The highest BCUT2D eigenvalue weighted by atomic mass is 16.1. The highest BCUT2D eigenvalue weighted by Crippen LogP contribution is 2.34. The Morgan fingerprint density at radius 2 is 1.86 bits per heavy atom. The van der Waals surface area contributed by atoms with Crippen molar-refractivity contribution < 1.29 is 9.59 Å². The van der Waals surface area contributed by atoms with Gasteiger partial charge in [0.1, 0.15) is 0 Å². The molecule has 4 nitrogen and oxygen atoms in total. The van der Waals surface area contributed by atoms with Crippen molar-refractivity contribution in [1.82, 2.24) is 0 Å². The van der Waals surface area contributed by atoms with Crippen molar-refractivity contribution in [3.8, 4) is 0 Å². The van der Waals surface area contributed by atoms with Gasteiger partial charge in [-0.05, 0) is 20.3 Å². The van der Waals surface area contributed by atoms with Gasteiger partial charge in [0.05, 0.1) is 11.1 Å². The quantitative estimate of drug-likeness (QED) is 0.378. The van der Waals surface area contributed by atoms with Gasteiger partial charge < -0.3 is 0 Å². The van der Waals surface area contributed by atoms with Crippen LogP contribution in [0.5, 0.6) is 0 Å². The van der Waals surface area contributed by atoms with E-state index < -0.39 is 11.1 Å². The molecule has 0 aromatic rings. The monoisotopic (exact) mass is 192 g/mol. The van der Waals surface area contributed by atoms with Crippen molar-refractivity contribution in [2.24, 2.45) is 9.98 Å². The molecule has 0 spiro atoms. The fourth-order valence-corrected chi connectivity index (χ4v) is 1.85. The maximum atomic E-state index is 10.2. The van der Waals surface area contributed by atoms with Crippen LogP contribution < -0.4 is 0 Å². The van der Waals surface area contributed by atoms with Gasteiger partial charge in [0.2, 0.25) is 12.2 Å². The number of nitrogens with zero attached hydrogens (tertiary/aromatic N) is 2. The molecule has 2 unspecified atom stereocenters. The molecule has 1 rings (SSSR count). The highest BCUT2D eigenvalue weighted by molar-refractivity contribution is 5.39. The maximum Gasteiger partial charge on any atom is 0.235 e. The maximum absolute atomic E-state index is 10.2. The second-order valence-corrected chi connectivity index (χ2v) is 4.04. The van der Waals surface area contributed by atoms with Gasteiger partial charge in [-0.2, -0.15) is 9.98 Å². The molecule has 0 saturated heterocycles. The average Bonchev–Trinajstić information content (AvgIpc) is 2.02. The van der Waals surface area contributed by atoms with Crippen molar-refractivity contribution in [2.45, 2.75) is 37.8 Å². The third-order valence-corrected chi connectivity index (χ3v) is 2.39. The Labute approximate surface area is 82.4 Å². The Bertz CT molecular complexity index is 351. The number of isocyanates is 2. The fraction of sp³-hybridized carbons (Fsp3) is 0.600. The Hall–Kier alpha value is -1.50. The molecule has 0 aromatic carbocycles. The first-order valence-corrected chi connectivity index (χ1v) is 4.39. The van der Waals surface area contributed by atoms with Gasteiger partial charge in [0, 0.05) is 6.42 Å². The van der Waals surface area contributed by atoms with Crippen LogP contribution in [0.25, 0.3) is 0 Å². The summed E-state index contributed by atoms with van der Waals surface area (Å²) < 4.78 is 0. The summed E-state index contributed by atoms with van der Waals surface area (Å²) in [4.78, 5) is 27.9. The summed E-state index contributed by atoms with van der Waals surface area (Å²) in [6, 6.07) is 0. The van der Waals surface area contributed by atoms with Crippen LogP contribution >= 0.6 is 0 Å². The zero-order chi connectivity index (χ0) is 10.7. The topological polar surface area (TPSA) is 58.9 Å². The molecule has 0 bridgehead atoms. The van der Waals surface area contributed by atoms with Gasteiger partial charge in [-0.3, -0.25) is 0 Å². The molecule has 0 radical (unpaired) electrons. The Morgan fingerprint density at radius 3 is 2.43 bits per heavy atom. The fourth-order valence-electron chi connectivity index (χ4n) is 1.85. The van der Waals surface area contributed by atoms with Crippen molar-refractivity contribution in [3.63, 3.8) is 0 Å². The Morgan fingerprint density at radius 1 is 1.21 bits per heavy atom. The van der Waals surface area contributed by atoms with Gasteiger partial charge in [0.25, 0.3) is 0 Å². The molecule has 4 heteroatoms. The van der Waals surface area contributed by atoms with Crippen molar-refractivity contribution >= 4 is 12.2 Å². The molecule has 14 heavy (non-hydrogen) atoms. The van der Waals surface area contributed by atoms with E-state index in [4.69, 9.17) is 0 Å². The van der Waals surface area contributed by atoms with Crippen LogP contribution in [0.1, 0.15) is 26.7 Å². The normalized spacial score (nSPS) is 35.6. The lowest BCUT2D eigenvalue weighted by Crippen LogP contribution is -2.36. The smallest absolute Gasteiger partial charge is 0.211 e. The summed E-state index contributed by atoms with van der Waals surface area (Å²) in [5.41, 5.74) is -1.08. The van der Waals surface area contributed by atoms with Crippen LogP contribution in [-0.2, 0) is 9.59 Å². The molecule has 2 atom stereocenters. The minimum absolute atomic E-state index is 0.494. The van der Waals surface area contributed by atoms with E-state index in [0.29, 0.717) is 12.8 Å². The lowest BCUT2D eigenvalue weighted by Gasteiger charge is -2.33. The molecule has 74 valence electrons. The molecule has 0 N–H and O–H groups in total. The van der Waals surface area contributed by atoms with Crippen LogP contribution in [0.4, 0.5) is 0 Å². The largest absolute Gasteiger partial charge is 0.235 e. The van der Waals surface area contributed by atoms with E-state index in [1.165, 1.54) is 0 Å². The number of carbonyl (C=O) groups excluding carboxylic acids is 2. The lowest BCUT2D eigenvalue weighted by molar-refractivity contribution is 0.340. The van der Waals surface area contributed by atoms with Gasteiger partial charge >= 0.3 is 0 Å². The second kappa shape index (κ2) is 3.70. The molecule has 0 aliphatic heterocycles. The minimum atomic E-state index is -0.588. The van der Waals surface area contributed by atoms with Gasteiger partial charge in [-0.25, -0.2) is 9.59 Å². The summed E-state index contributed by atoms with van der Waals surface area (Å²) in [7, 11) is 0. The van der Waals surface area contributed by atoms with E-state index >= 15 is 0 Å². The molecule has 0 aromatic heterocycles. The predicted molar refractivity (Wildman–Crippen MR) is 51.4 cm³/mol. The highest BCUT2D eigenvalue weighted by Gasteiger charge is 2.36. The summed E-state index contributed by atoms with van der Waals surface area (Å²) in [5.74, 6) is 0. The minimum Gasteiger partial charge on any atom is -0.211 e. The molecular formula is C10H12N2O2.